The molecule has 0 saturated heterocycles. The molecule has 0 bridgehead atoms. The number of hydrogen-bond acceptors (Lipinski definition) is 6. The molecule has 134 valence electrons. The van der Waals surface area contributed by atoms with Gasteiger partial charge in [0.05, 0.1) is 17.7 Å². The zero-order valence-electron chi connectivity index (χ0n) is 13.0. The molecule has 2 unspecified atom stereocenters. The molecule has 8 nitrogen and oxygen atoms in total. The van der Waals surface area contributed by atoms with Gasteiger partial charge in [-0.05, 0) is 29.8 Å². The predicted octanol–water partition coefficient (Wildman–Crippen LogP) is 1.71. The van der Waals surface area contributed by atoms with Crippen molar-refractivity contribution in [3.63, 3.8) is 0 Å². The highest BCUT2D eigenvalue weighted by Crippen LogP contribution is 2.26. The van der Waals surface area contributed by atoms with Crippen LogP contribution in [-0.4, -0.2) is 31.2 Å². The Morgan fingerprint density at radius 2 is 1.77 bits per heavy atom. The van der Waals surface area contributed by atoms with E-state index >= 15 is 0 Å². The van der Waals surface area contributed by atoms with E-state index < -0.39 is 36.3 Å². The molecule has 1 aliphatic rings. The lowest BCUT2D eigenvalue weighted by atomic mass is 9.95. The fourth-order valence-corrected chi connectivity index (χ4v) is 3.99. The minimum absolute atomic E-state index is 0.0183. The van der Waals surface area contributed by atoms with Crippen molar-refractivity contribution in [3.8, 4) is 12.1 Å². The average molecular weight is 392 g/mol. The number of rotatable bonds is 4. The molecular formula is C16H12N2O6S2. The van der Waals surface area contributed by atoms with Crippen molar-refractivity contribution in [2.24, 2.45) is 5.92 Å². The first-order chi connectivity index (χ1) is 12.1. The van der Waals surface area contributed by atoms with Gasteiger partial charge >= 0.3 is 0 Å². The van der Waals surface area contributed by atoms with E-state index in [0.717, 1.165) is 12.1 Å². The highest BCUT2D eigenvalue weighted by atomic mass is 32.2. The maximum absolute atomic E-state index is 11.5. The van der Waals surface area contributed by atoms with E-state index in [9.17, 15) is 25.9 Å². The summed E-state index contributed by atoms with van der Waals surface area (Å²) in [6, 6.07) is 7.12. The van der Waals surface area contributed by atoms with Crippen molar-refractivity contribution in [2.45, 2.75) is 10.1 Å². The van der Waals surface area contributed by atoms with Crippen LogP contribution in [0.5, 0.6) is 0 Å². The predicted molar refractivity (Wildman–Crippen MR) is 91.7 cm³/mol. The maximum Gasteiger partial charge on any atom is 0.295 e. The number of allylic oxidation sites excluding steroid dienone is 4. The molecule has 0 saturated carbocycles. The molecule has 10 heteroatoms. The zero-order valence-corrected chi connectivity index (χ0v) is 14.6. The second kappa shape index (κ2) is 7.23. The third-order valence-electron chi connectivity index (χ3n) is 3.61. The Balaban J connectivity index is 2.48. The van der Waals surface area contributed by atoms with Gasteiger partial charge in [0.2, 0.25) is 0 Å². The summed E-state index contributed by atoms with van der Waals surface area (Å²) < 4.78 is 64.7. The third kappa shape index (κ3) is 4.45. The van der Waals surface area contributed by atoms with E-state index in [2.05, 4.69) is 0 Å². The van der Waals surface area contributed by atoms with Crippen LogP contribution in [0.4, 0.5) is 0 Å². The van der Waals surface area contributed by atoms with Gasteiger partial charge in [-0.1, -0.05) is 24.3 Å². The standard InChI is InChI=1S/C16H12N2O6S2/c17-9-11-1-3-13(15(7-11)25(19,20)21)5-6-14-4-2-12(10-18)8-16(14)26(22,23)24/h1-8,13,15H,(H,19,20,21)(H,22,23,24). The molecule has 1 aliphatic carbocycles. The zero-order chi connectivity index (χ0) is 19.5. The van der Waals surface area contributed by atoms with E-state index in [4.69, 9.17) is 10.5 Å². The molecule has 0 radical (unpaired) electrons. The molecule has 0 aromatic heterocycles. The number of benzene rings is 1. The molecule has 0 spiro atoms. The maximum atomic E-state index is 11.5. The van der Waals surface area contributed by atoms with Gasteiger partial charge in [-0.3, -0.25) is 9.11 Å². The summed E-state index contributed by atoms with van der Waals surface area (Å²) in [6.45, 7) is 0. The van der Waals surface area contributed by atoms with Crippen LogP contribution in [0.15, 0.2) is 53.0 Å². The quantitative estimate of drug-likeness (QED) is 0.733. The number of hydrogen-bond donors (Lipinski definition) is 2. The van der Waals surface area contributed by atoms with Crippen LogP contribution in [0.1, 0.15) is 11.1 Å². The Morgan fingerprint density at radius 3 is 2.31 bits per heavy atom. The van der Waals surface area contributed by atoms with Crippen LogP contribution in [0.3, 0.4) is 0 Å². The second-order valence-electron chi connectivity index (χ2n) is 5.35. The number of nitrogens with zero attached hydrogens (tertiary/aromatic N) is 2. The average Bonchev–Trinajstić information content (AvgIpc) is 2.58. The van der Waals surface area contributed by atoms with Crippen LogP contribution < -0.4 is 0 Å². The lowest BCUT2D eigenvalue weighted by Crippen LogP contribution is -2.27. The van der Waals surface area contributed by atoms with Gasteiger partial charge in [-0.25, -0.2) is 0 Å². The van der Waals surface area contributed by atoms with Gasteiger partial charge in [0.15, 0.2) is 0 Å². The Labute approximate surface area is 150 Å². The monoisotopic (exact) mass is 392 g/mol. The third-order valence-corrected chi connectivity index (χ3v) is 5.66. The van der Waals surface area contributed by atoms with Crippen LogP contribution in [0, 0.1) is 28.6 Å². The molecule has 2 N–H and O–H groups in total. The van der Waals surface area contributed by atoms with Crippen LogP contribution in [-0.2, 0) is 20.2 Å². The van der Waals surface area contributed by atoms with E-state index in [1.165, 1.54) is 36.4 Å². The smallest absolute Gasteiger partial charge is 0.285 e. The second-order valence-corrected chi connectivity index (χ2v) is 8.31. The minimum atomic E-state index is -4.62. The molecule has 1 aromatic rings. The first-order valence-electron chi connectivity index (χ1n) is 7.02. The summed E-state index contributed by atoms with van der Waals surface area (Å²) in [4.78, 5) is -0.510. The SMILES string of the molecule is N#CC1=CC(S(=O)(=O)O)C(C=Cc2ccc(C#N)cc2S(=O)(=O)O)C=C1. The van der Waals surface area contributed by atoms with Crippen molar-refractivity contribution < 1.29 is 25.9 Å². The van der Waals surface area contributed by atoms with E-state index in [0.29, 0.717) is 0 Å². The molecule has 26 heavy (non-hydrogen) atoms. The Morgan fingerprint density at radius 1 is 1.08 bits per heavy atom. The largest absolute Gasteiger partial charge is 0.295 e. The van der Waals surface area contributed by atoms with Crippen LogP contribution in [0.2, 0.25) is 0 Å². The molecule has 2 rings (SSSR count). The molecule has 0 heterocycles. The summed E-state index contributed by atoms with van der Waals surface area (Å²) in [5.74, 6) is -0.869. The van der Waals surface area contributed by atoms with Crippen molar-refractivity contribution >= 4 is 26.3 Å². The van der Waals surface area contributed by atoms with Gasteiger partial charge in [0, 0.05) is 11.5 Å². The summed E-state index contributed by atoms with van der Waals surface area (Å²) >= 11 is 0. The minimum Gasteiger partial charge on any atom is -0.285 e. The topological polar surface area (TPSA) is 156 Å². The Kier molecular flexibility index (Phi) is 5.44. The first kappa shape index (κ1) is 19.6. The fraction of sp³-hybridized carbons (Fsp3) is 0.125. The lowest BCUT2D eigenvalue weighted by molar-refractivity contribution is 0.467. The molecule has 2 atom stereocenters. The summed E-state index contributed by atoms with van der Waals surface area (Å²) in [6.07, 6.45) is 6.41. The summed E-state index contributed by atoms with van der Waals surface area (Å²) in [7, 11) is -9.13. The van der Waals surface area contributed by atoms with Gasteiger partial charge < -0.3 is 0 Å². The van der Waals surface area contributed by atoms with Crippen molar-refractivity contribution in [1.29, 1.82) is 10.5 Å². The fourth-order valence-electron chi connectivity index (χ4n) is 2.38. The summed E-state index contributed by atoms with van der Waals surface area (Å²) in [5.41, 5.74) is 0.114. The van der Waals surface area contributed by atoms with Crippen molar-refractivity contribution in [3.05, 3.63) is 59.2 Å². The molecule has 1 aromatic carbocycles. The van der Waals surface area contributed by atoms with Crippen molar-refractivity contribution in [2.75, 3.05) is 0 Å². The summed E-state index contributed by atoms with van der Waals surface area (Å²) in [5, 5.41) is 16.3. The lowest BCUT2D eigenvalue weighted by Gasteiger charge is -2.19. The molecular weight excluding hydrogens is 380 g/mol. The highest BCUT2D eigenvalue weighted by Gasteiger charge is 2.30. The Bertz CT molecular complexity index is 1120. The van der Waals surface area contributed by atoms with Crippen LogP contribution >= 0.6 is 0 Å². The molecule has 0 aliphatic heterocycles. The van der Waals surface area contributed by atoms with Gasteiger partial charge in [-0.2, -0.15) is 27.4 Å². The number of nitriles is 2. The molecule has 0 amide bonds. The highest BCUT2D eigenvalue weighted by molar-refractivity contribution is 7.86. The Hall–Kier alpha value is -2.76. The van der Waals surface area contributed by atoms with Gasteiger partial charge in [0.25, 0.3) is 20.2 Å². The van der Waals surface area contributed by atoms with E-state index in [1.54, 1.807) is 12.1 Å². The van der Waals surface area contributed by atoms with E-state index in [1.807, 2.05) is 0 Å². The molecule has 0 fully saturated rings. The van der Waals surface area contributed by atoms with E-state index in [-0.39, 0.29) is 16.7 Å². The normalized spacial score (nSPS) is 20.4. The van der Waals surface area contributed by atoms with Gasteiger partial charge in [0.1, 0.15) is 10.1 Å². The first-order valence-corrected chi connectivity index (χ1v) is 9.97. The van der Waals surface area contributed by atoms with Gasteiger partial charge in [-0.15, -0.1) is 0 Å². The van der Waals surface area contributed by atoms with Crippen molar-refractivity contribution in [1.82, 2.24) is 0 Å². The van der Waals surface area contributed by atoms with Crippen LogP contribution in [0.25, 0.3) is 6.08 Å².